The SMILES string of the molecule is COCCN1CCC[C@@H](C(=O)N2CCN(c3ccccc3Cl)C(=O)C2)C1. The fourth-order valence-corrected chi connectivity index (χ4v) is 3.96. The third-order valence-corrected chi connectivity index (χ3v) is 5.46. The van der Waals surface area contributed by atoms with E-state index in [0.717, 1.165) is 38.2 Å². The first-order valence-electron chi connectivity index (χ1n) is 9.15. The number of carbonyl (C=O) groups excluding carboxylic acids is 2. The maximum Gasteiger partial charge on any atom is 0.246 e. The molecule has 142 valence electrons. The molecule has 1 aromatic carbocycles. The summed E-state index contributed by atoms with van der Waals surface area (Å²) in [6.07, 6.45) is 1.90. The van der Waals surface area contributed by atoms with E-state index in [1.54, 1.807) is 23.0 Å². The Labute approximate surface area is 159 Å². The van der Waals surface area contributed by atoms with Gasteiger partial charge in [-0.15, -0.1) is 0 Å². The predicted octanol–water partition coefficient (Wildman–Crippen LogP) is 1.87. The summed E-state index contributed by atoms with van der Waals surface area (Å²) in [6.45, 7) is 4.43. The highest BCUT2D eigenvalue weighted by atomic mass is 35.5. The first-order chi connectivity index (χ1) is 12.6. The molecule has 2 amide bonds. The molecule has 0 aliphatic carbocycles. The van der Waals surface area contributed by atoms with Gasteiger partial charge in [-0.1, -0.05) is 23.7 Å². The zero-order chi connectivity index (χ0) is 18.5. The second-order valence-electron chi connectivity index (χ2n) is 6.89. The number of hydrogen-bond donors (Lipinski definition) is 0. The maximum atomic E-state index is 12.9. The average Bonchev–Trinajstić information content (AvgIpc) is 2.66. The van der Waals surface area contributed by atoms with Crippen LogP contribution >= 0.6 is 11.6 Å². The molecule has 2 saturated heterocycles. The van der Waals surface area contributed by atoms with Gasteiger partial charge in [0.2, 0.25) is 11.8 Å². The minimum absolute atomic E-state index is 0.0275. The normalized spacial score (nSPS) is 21.9. The Balaban J connectivity index is 1.59. The molecule has 0 saturated carbocycles. The first kappa shape index (κ1) is 19.1. The Morgan fingerprint density at radius 1 is 1.27 bits per heavy atom. The molecule has 26 heavy (non-hydrogen) atoms. The van der Waals surface area contributed by atoms with Crippen molar-refractivity contribution in [3.8, 4) is 0 Å². The van der Waals surface area contributed by atoms with Crippen molar-refractivity contribution in [3.05, 3.63) is 29.3 Å². The number of methoxy groups -OCH3 is 1. The van der Waals surface area contributed by atoms with E-state index in [1.165, 1.54) is 0 Å². The number of piperazine rings is 1. The van der Waals surface area contributed by atoms with Gasteiger partial charge in [-0.25, -0.2) is 0 Å². The fraction of sp³-hybridized carbons (Fsp3) is 0.579. The van der Waals surface area contributed by atoms with E-state index in [4.69, 9.17) is 16.3 Å². The molecule has 6 nitrogen and oxygen atoms in total. The van der Waals surface area contributed by atoms with E-state index in [0.29, 0.717) is 24.7 Å². The summed E-state index contributed by atoms with van der Waals surface area (Å²) in [5.74, 6) is -0.00991. The van der Waals surface area contributed by atoms with Crippen LogP contribution in [-0.2, 0) is 14.3 Å². The summed E-state index contributed by atoms with van der Waals surface area (Å²) in [7, 11) is 1.69. The van der Waals surface area contributed by atoms with Crippen LogP contribution in [-0.4, -0.2) is 74.6 Å². The van der Waals surface area contributed by atoms with Gasteiger partial charge in [-0.05, 0) is 31.5 Å². The van der Waals surface area contributed by atoms with Crippen LogP contribution in [0.15, 0.2) is 24.3 Å². The zero-order valence-corrected chi connectivity index (χ0v) is 16.0. The molecule has 2 aliphatic heterocycles. The van der Waals surface area contributed by atoms with Crippen molar-refractivity contribution in [1.29, 1.82) is 0 Å². The highest BCUT2D eigenvalue weighted by Crippen LogP contribution is 2.27. The molecule has 3 rings (SSSR count). The van der Waals surface area contributed by atoms with Gasteiger partial charge in [0.1, 0.15) is 6.54 Å². The molecule has 0 unspecified atom stereocenters. The Kier molecular flexibility index (Phi) is 6.51. The minimum atomic E-state index is -0.0789. The molecular weight excluding hydrogens is 354 g/mol. The molecule has 0 N–H and O–H groups in total. The molecule has 0 bridgehead atoms. The van der Waals surface area contributed by atoms with Crippen LogP contribution in [0.4, 0.5) is 5.69 Å². The minimum Gasteiger partial charge on any atom is -0.383 e. The number of anilines is 1. The van der Waals surface area contributed by atoms with Gasteiger partial charge in [0.15, 0.2) is 0 Å². The number of benzene rings is 1. The molecule has 2 aliphatic rings. The first-order valence-corrected chi connectivity index (χ1v) is 9.53. The summed E-state index contributed by atoms with van der Waals surface area (Å²) in [4.78, 5) is 31.2. The second kappa shape index (κ2) is 8.84. The van der Waals surface area contributed by atoms with Crippen molar-refractivity contribution in [2.75, 3.05) is 57.9 Å². The molecule has 7 heteroatoms. The van der Waals surface area contributed by atoms with E-state index in [-0.39, 0.29) is 24.3 Å². The van der Waals surface area contributed by atoms with Crippen molar-refractivity contribution < 1.29 is 14.3 Å². The van der Waals surface area contributed by atoms with Crippen LogP contribution in [0, 0.1) is 5.92 Å². The Hall–Kier alpha value is -1.63. The zero-order valence-electron chi connectivity index (χ0n) is 15.2. The monoisotopic (exact) mass is 379 g/mol. The van der Waals surface area contributed by atoms with E-state index >= 15 is 0 Å². The molecule has 1 aromatic rings. The number of carbonyl (C=O) groups is 2. The van der Waals surface area contributed by atoms with Crippen LogP contribution in [0.1, 0.15) is 12.8 Å². The van der Waals surface area contributed by atoms with Crippen LogP contribution in [0.25, 0.3) is 0 Å². The van der Waals surface area contributed by atoms with Crippen molar-refractivity contribution in [1.82, 2.24) is 9.80 Å². The molecule has 2 fully saturated rings. The highest BCUT2D eigenvalue weighted by Gasteiger charge is 2.34. The van der Waals surface area contributed by atoms with E-state index in [2.05, 4.69) is 4.90 Å². The molecule has 0 aromatic heterocycles. The smallest absolute Gasteiger partial charge is 0.246 e. The third-order valence-electron chi connectivity index (χ3n) is 5.14. The van der Waals surface area contributed by atoms with E-state index in [9.17, 15) is 9.59 Å². The summed E-state index contributed by atoms with van der Waals surface area (Å²) in [5, 5.41) is 0.557. The van der Waals surface area contributed by atoms with Gasteiger partial charge in [-0.2, -0.15) is 0 Å². The number of nitrogens with zero attached hydrogens (tertiary/aromatic N) is 3. The number of amides is 2. The Morgan fingerprint density at radius 2 is 2.08 bits per heavy atom. The van der Waals surface area contributed by atoms with Crippen LogP contribution < -0.4 is 4.90 Å². The van der Waals surface area contributed by atoms with Crippen molar-refractivity contribution >= 4 is 29.1 Å². The lowest BCUT2D eigenvalue weighted by atomic mass is 9.96. The summed E-state index contributed by atoms with van der Waals surface area (Å²) < 4.78 is 5.14. The number of likely N-dealkylation sites (tertiary alicyclic amines) is 1. The Morgan fingerprint density at radius 3 is 2.81 bits per heavy atom. The van der Waals surface area contributed by atoms with Gasteiger partial charge < -0.3 is 19.4 Å². The number of para-hydroxylation sites is 1. The van der Waals surface area contributed by atoms with Crippen LogP contribution in [0.2, 0.25) is 5.02 Å². The maximum absolute atomic E-state index is 12.9. The predicted molar refractivity (Wildman–Crippen MR) is 101 cm³/mol. The number of hydrogen-bond acceptors (Lipinski definition) is 4. The lowest BCUT2D eigenvalue weighted by Crippen LogP contribution is -2.55. The van der Waals surface area contributed by atoms with Crippen molar-refractivity contribution in [2.24, 2.45) is 5.92 Å². The quantitative estimate of drug-likeness (QED) is 0.783. The van der Waals surface area contributed by atoms with Gasteiger partial charge >= 0.3 is 0 Å². The van der Waals surface area contributed by atoms with Crippen LogP contribution in [0.3, 0.4) is 0 Å². The number of rotatable bonds is 5. The molecule has 1 atom stereocenters. The summed E-state index contributed by atoms with van der Waals surface area (Å²) in [5.41, 5.74) is 0.717. The van der Waals surface area contributed by atoms with Crippen LogP contribution in [0.5, 0.6) is 0 Å². The highest BCUT2D eigenvalue weighted by molar-refractivity contribution is 6.33. The van der Waals surface area contributed by atoms with E-state index < -0.39 is 0 Å². The topological polar surface area (TPSA) is 53.1 Å². The molecular formula is C19H26ClN3O3. The largest absolute Gasteiger partial charge is 0.383 e. The second-order valence-corrected chi connectivity index (χ2v) is 7.30. The average molecular weight is 380 g/mol. The number of halogens is 1. The lowest BCUT2D eigenvalue weighted by molar-refractivity contribution is -0.141. The van der Waals surface area contributed by atoms with Gasteiger partial charge in [0, 0.05) is 33.3 Å². The standard InChI is InChI=1S/C19H26ClN3O3/c1-26-12-11-21-8-4-5-15(13-21)19(25)22-9-10-23(18(24)14-22)17-7-3-2-6-16(17)20/h2-3,6-7,15H,4-5,8-14H2,1H3/t15-/m1/s1. The molecule has 0 radical (unpaired) electrons. The van der Waals surface area contributed by atoms with Gasteiger partial charge in [0.25, 0.3) is 0 Å². The molecule has 2 heterocycles. The molecule has 0 spiro atoms. The third kappa shape index (κ3) is 4.37. The van der Waals surface area contributed by atoms with Crippen molar-refractivity contribution in [2.45, 2.75) is 12.8 Å². The fourth-order valence-electron chi connectivity index (χ4n) is 3.73. The van der Waals surface area contributed by atoms with Gasteiger partial charge in [-0.3, -0.25) is 9.59 Å². The van der Waals surface area contributed by atoms with E-state index in [1.807, 2.05) is 18.2 Å². The number of ether oxygens (including phenoxy) is 1. The summed E-state index contributed by atoms with van der Waals surface area (Å²) >= 11 is 6.21. The van der Waals surface area contributed by atoms with Crippen molar-refractivity contribution in [3.63, 3.8) is 0 Å². The summed E-state index contributed by atoms with van der Waals surface area (Å²) in [6, 6.07) is 7.32. The number of piperidine rings is 1. The Bertz CT molecular complexity index is 655. The van der Waals surface area contributed by atoms with Gasteiger partial charge in [0.05, 0.1) is 23.2 Å². The lowest BCUT2D eigenvalue weighted by Gasteiger charge is -2.38.